The van der Waals surface area contributed by atoms with E-state index in [1.54, 1.807) is 4.90 Å². The van der Waals surface area contributed by atoms with Gasteiger partial charge in [0.25, 0.3) is 0 Å². The number of rotatable bonds is 8. The van der Waals surface area contributed by atoms with Gasteiger partial charge < -0.3 is 5.11 Å². The lowest BCUT2D eigenvalue weighted by Crippen LogP contribution is -2.34. The van der Waals surface area contributed by atoms with Gasteiger partial charge in [-0.25, -0.2) is 14.7 Å². The molecule has 1 amide bonds. The number of hydrogen-bond acceptors (Lipinski definition) is 7. The van der Waals surface area contributed by atoms with Crippen molar-refractivity contribution in [2.45, 2.75) is 45.8 Å². The summed E-state index contributed by atoms with van der Waals surface area (Å²) in [7, 11) is 0. The molecule has 0 bridgehead atoms. The van der Waals surface area contributed by atoms with Crippen molar-refractivity contribution in [3.05, 3.63) is 95.3 Å². The largest absolute Gasteiger partial charge is 0.416 e. The summed E-state index contributed by atoms with van der Waals surface area (Å²) in [6, 6.07) is 18.0. The van der Waals surface area contributed by atoms with Crippen LogP contribution in [0.3, 0.4) is 0 Å². The molecule has 2 N–H and O–H groups in total. The second kappa shape index (κ2) is 12.1. The maximum Gasteiger partial charge on any atom is 0.416 e. The normalized spacial score (nSPS) is 15.7. The smallest absolute Gasteiger partial charge is 0.359 e. The molecule has 42 heavy (non-hydrogen) atoms. The fourth-order valence-electron chi connectivity index (χ4n) is 4.49. The second-order valence-corrected chi connectivity index (χ2v) is 11.1. The molecule has 218 valence electrons. The van der Waals surface area contributed by atoms with Gasteiger partial charge in [-0.05, 0) is 54.3 Å². The van der Waals surface area contributed by atoms with Crippen LogP contribution in [0, 0.1) is 6.92 Å². The molecule has 1 fully saturated rings. The van der Waals surface area contributed by atoms with Crippen LogP contribution in [0.4, 0.5) is 18.9 Å². The first-order valence-corrected chi connectivity index (χ1v) is 14.2. The zero-order valence-corrected chi connectivity index (χ0v) is 23.9. The number of nitrogens with one attached hydrogen (secondary N) is 1. The third kappa shape index (κ3) is 6.56. The summed E-state index contributed by atoms with van der Waals surface area (Å²) in [5.41, 5.74) is 4.25. The molecule has 1 saturated heterocycles. The van der Waals surface area contributed by atoms with E-state index in [0.717, 1.165) is 40.1 Å². The Bertz CT molecular complexity index is 1600. The maximum atomic E-state index is 12.8. The van der Waals surface area contributed by atoms with E-state index in [4.69, 9.17) is 0 Å². The molecule has 3 aromatic carbocycles. The van der Waals surface area contributed by atoms with E-state index in [1.807, 2.05) is 43.3 Å². The minimum absolute atomic E-state index is 0.0818. The van der Waals surface area contributed by atoms with Gasteiger partial charge in [0, 0.05) is 12.1 Å². The van der Waals surface area contributed by atoms with Crippen LogP contribution in [0.2, 0.25) is 0 Å². The first-order valence-electron chi connectivity index (χ1n) is 13.2. The van der Waals surface area contributed by atoms with Gasteiger partial charge >= 0.3 is 6.18 Å². The number of aliphatic imine (C=N–C) groups is 1. The topological polar surface area (TPSA) is 95.6 Å². The SMILES string of the molecule is Cc1ccc(N2C(=O)CSC2=NC(O)NCc2ccc(-c3ncn(-c4ccc(C(F)(F)F)cc4)n3)cc2)c(C(C)C)c1. The number of aromatic nitrogens is 3. The molecule has 0 spiro atoms. The maximum absolute atomic E-state index is 12.8. The van der Waals surface area contributed by atoms with Gasteiger partial charge in [-0.15, -0.1) is 5.10 Å². The summed E-state index contributed by atoms with van der Waals surface area (Å²) in [5.74, 6) is 0.794. The van der Waals surface area contributed by atoms with Gasteiger partial charge in [-0.2, -0.15) is 13.2 Å². The summed E-state index contributed by atoms with van der Waals surface area (Å²) in [6.07, 6.45) is -4.19. The fourth-order valence-corrected chi connectivity index (χ4v) is 5.37. The zero-order valence-electron chi connectivity index (χ0n) is 23.1. The highest BCUT2D eigenvalue weighted by Crippen LogP contribution is 2.34. The monoisotopic (exact) mass is 594 g/mol. The number of carbonyl (C=O) groups excluding carboxylic acids is 1. The molecule has 1 aliphatic heterocycles. The molecular formula is C30H29F3N6O2S. The van der Waals surface area contributed by atoms with E-state index < -0.39 is 18.1 Å². The van der Waals surface area contributed by atoms with E-state index in [0.29, 0.717) is 23.2 Å². The van der Waals surface area contributed by atoms with Crippen molar-refractivity contribution in [2.24, 2.45) is 4.99 Å². The average molecular weight is 595 g/mol. The minimum atomic E-state index is -4.40. The number of carbonyl (C=O) groups is 1. The van der Waals surface area contributed by atoms with Crippen molar-refractivity contribution in [2.75, 3.05) is 10.7 Å². The van der Waals surface area contributed by atoms with E-state index >= 15 is 0 Å². The number of benzene rings is 3. The third-order valence-electron chi connectivity index (χ3n) is 6.70. The number of aliphatic hydroxyl groups is 1. The van der Waals surface area contributed by atoms with Crippen LogP contribution in [-0.4, -0.2) is 43.1 Å². The van der Waals surface area contributed by atoms with Crippen LogP contribution in [0.5, 0.6) is 0 Å². The van der Waals surface area contributed by atoms with Gasteiger partial charge in [-0.1, -0.05) is 67.6 Å². The number of thioether (sulfide) groups is 1. The van der Waals surface area contributed by atoms with Crippen LogP contribution in [0.15, 0.2) is 78.0 Å². The zero-order chi connectivity index (χ0) is 30.0. The Morgan fingerprint density at radius 3 is 2.45 bits per heavy atom. The average Bonchev–Trinajstić information content (AvgIpc) is 3.59. The summed E-state index contributed by atoms with van der Waals surface area (Å²) in [6.45, 7) is 6.47. The minimum Gasteiger partial charge on any atom is -0.359 e. The molecule has 1 atom stereocenters. The first kappa shape index (κ1) is 29.5. The highest BCUT2D eigenvalue weighted by Gasteiger charge is 2.32. The molecule has 4 aromatic rings. The predicted octanol–water partition coefficient (Wildman–Crippen LogP) is 5.89. The Morgan fingerprint density at radius 2 is 1.79 bits per heavy atom. The predicted molar refractivity (Wildman–Crippen MR) is 157 cm³/mol. The molecule has 1 aliphatic rings. The lowest BCUT2D eigenvalue weighted by molar-refractivity contribution is -0.137. The molecule has 5 rings (SSSR count). The molecule has 0 aliphatic carbocycles. The number of alkyl halides is 3. The number of nitrogens with zero attached hydrogens (tertiary/aromatic N) is 5. The van der Waals surface area contributed by atoms with Crippen LogP contribution in [0.1, 0.15) is 42.0 Å². The van der Waals surface area contributed by atoms with E-state index in [9.17, 15) is 23.1 Å². The molecule has 1 unspecified atom stereocenters. The quantitative estimate of drug-likeness (QED) is 0.247. The Balaban J connectivity index is 1.23. The lowest BCUT2D eigenvalue weighted by Gasteiger charge is -2.23. The lowest BCUT2D eigenvalue weighted by atomic mass is 9.98. The summed E-state index contributed by atoms with van der Waals surface area (Å²) in [4.78, 5) is 23.0. The standard InChI is InChI=1S/C30H29F3N6O2S/c1-18(2)24-14-19(3)4-13-25(24)39-26(40)16-42-29(39)36-28(41)34-15-20-5-7-21(8-6-20)27-35-17-38(37-27)23-11-9-22(10-12-23)30(31,32)33/h4-14,17-18,28,34,41H,15-16H2,1-3H3. The van der Waals surface area contributed by atoms with E-state index in [1.165, 1.54) is 34.9 Å². The number of anilines is 1. The van der Waals surface area contributed by atoms with Gasteiger partial charge in [0.1, 0.15) is 6.33 Å². The van der Waals surface area contributed by atoms with Crippen molar-refractivity contribution in [1.29, 1.82) is 0 Å². The van der Waals surface area contributed by atoms with Gasteiger partial charge in [0.2, 0.25) is 12.3 Å². The van der Waals surface area contributed by atoms with Crippen LogP contribution < -0.4 is 10.2 Å². The number of amidine groups is 1. The fraction of sp³-hybridized carbons (Fsp3) is 0.267. The van der Waals surface area contributed by atoms with E-state index in [2.05, 4.69) is 40.3 Å². The van der Waals surface area contributed by atoms with Crippen molar-refractivity contribution < 1.29 is 23.1 Å². The number of halogens is 3. The van der Waals surface area contributed by atoms with Crippen molar-refractivity contribution in [3.63, 3.8) is 0 Å². The first-order chi connectivity index (χ1) is 20.0. The molecule has 0 radical (unpaired) electrons. The second-order valence-electron chi connectivity index (χ2n) is 10.2. The Kier molecular flexibility index (Phi) is 8.48. The Labute approximate surface area is 245 Å². The molecule has 8 nitrogen and oxygen atoms in total. The third-order valence-corrected chi connectivity index (χ3v) is 7.63. The Morgan fingerprint density at radius 1 is 1.07 bits per heavy atom. The van der Waals surface area contributed by atoms with Crippen molar-refractivity contribution in [3.8, 4) is 17.1 Å². The number of hydrogen-bond donors (Lipinski definition) is 2. The molecule has 1 aromatic heterocycles. The Hall–Kier alpha value is -4.00. The van der Waals surface area contributed by atoms with E-state index in [-0.39, 0.29) is 17.6 Å². The number of amides is 1. The highest BCUT2D eigenvalue weighted by molar-refractivity contribution is 8.15. The van der Waals surface area contributed by atoms with Crippen molar-refractivity contribution in [1.82, 2.24) is 20.1 Å². The highest BCUT2D eigenvalue weighted by atomic mass is 32.2. The summed E-state index contributed by atoms with van der Waals surface area (Å²) in [5, 5.41) is 18.4. The molecule has 2 heterocycles. The van der Waals surface area contributed by atoms with Crippen molar-refractivity contribution >= 4 is 28.5 Å². The van der Waals surface area contributed by atoms with Gasteiger partial charge in [0.05, 0.1) is 22.7 Å². The van der Waals surface area contributed by atoms with Gasteiger partial charge in [0.15, 0.2) is 11.0 Å². The summed E-state index contributed by atoms with van der Waals surface area (Å²) >= 11 is 1.29. The van der Waals surface area contributed by atoms with Gasteiger partial charge in [-0.3, -0.25) is 15.0 Å². The summed E-state index contributed by atoms with van der Waals surface area (Å²) < 4.78 is 39.9. The number of aliphatic hydroxyl groups excluding tert-OH is 1. The van der Waals surface area contributed by atoms with Crippen LogP contribution in [-0.2, 0) is 17.5 Å². The van der Waals surface area contributed by atoms with Crippen LogP contribution >= 0.6 is 11.8 Å². The molecular weight excluding hydrogens is 565 g/mol. The molecule has 12 heteroatoms. The number of aryl methyl sites for hydroxylation is 1. The molecule has 0 saturated carbocycles. The van der Waals surface area contributed by atoms with Crippen LogP contribution in [0.25, 0.3) is 17.1 Å².